The Morgan fingerprint density at radius 1 is 1.27 bits per heavy atom. The number of carbonyl (C=O) groups is 2. The predicted molar refractivity (Wildman–Crippen MR) is 101 cm³/mol. The molecule has 1 aliphatic heterocycles. The van der Waals surface area contributed by atoms with Gasteiger partial charge in [-0.3, -0.25) is 14.8 Å². The molecular formula is C19H19N5O2. The van der Waals surface area contributed by atoms with Crippen molar-refractivity contribution < 1.29 is 9.59 Å². The van der Waals surface area contributed by atoms with Crippen molar-refractivity contribution in [1.82, 2.24) is 15.5 Å². The standard InChI is InChI=1S/C19H19N5O2/c1-2-20-19(26)24-9-8-12-6-7-14(10-16(12)24)22-18(25)15-5-3-4-13-11-21-23-17(13)15/h3-7,10-11H,2,8-9H2,1H3,(H,20,26)(H,21,23)(H,22,25). The van der Waals surface area contributed by atoms with Crippen LogP contribution in [0.3, 0.4) is 0 Å². The smallest absolute Gasteiger partial charge is 0.321 e. The van der Waals surface area contributed by atoms with Crippen LogP contribution >= 0.6 is 0 Å². The van der Waals surface area contributed by atoms with E-state index in [-0.39, 0.29) is 11.9 Å². The van der Waals surface area contributed by atoms with Gasteiger partial charge in [-0.05, 0) is 37.1 Å². The van der Waals surface area contributed by atoms with Crippen LogP contribution in [0, 0.1) is 0 Å². The maximum Gasteiger partial charge on any atom is 0.321 e. The molecular weight excluding hydrogens is 330 g/mol. The molecule has 3 N–H and O–H groups in total. The highest BCUT2D eigenvalue weighted by Crippen LogP contribution is 2.31. The third-order valence-corrected chi connectivity index (χ3v) is 4.53. The normalized spacial score (nSPS) is 12.9. The highest BCUT2D eigenvalue weighted by molar-refractivity contribution is 6.12. The Kier molecular flexibility index (Phi) is 4.04. The number of para-hydroxylation sites is 1. The van der Waals surface area contributed by atoms with E-state index in [1.54, 1.807) is 17.2 Å². The van der Waals surface area contributed by atoms with Crippen LogP contribution in [-0.4, -0.2) is 35.2 Å². The molecule has 2 heterocycles. The zero-order valence-corrected chi connectivity index (χ0v) is 14.4. The molecule has 2 aromatic carbocycles. The summed E-state index contributed by atoms with van der Waals surface area (Å²) in [4.78, 5) is 26.6. The lowest BCUT2D eigenvalue weighted by Crippen LogP contribution is -2.38. The maximum absolute atomic E-state index is 12.7. The number of carbonyl (C=O) groups excluding carboxylic acids is 2. The Balaban J connectivity index is 1.60. The maximum atomic E-state index is 12.7. The molecule has 3 aromatic rings. The van der Waals surface area contributed by atoms with Crippen LogP contribution in [0.25, 0.3) is 10.9 Å². The van der Waals surface area contributed by atoms with Gasteiger partial charge in [-0.1, -0.05) is 18.2 Å². The van der Waals surface area contributed by atoms with Gasteiger partial charge in [0.2, 0.25) is 0 Å². The minimum absolute atomic E-state index is 0.114. The van der Waals surface area contributed by atoms with E-state index in [1.807, 2.05) is 37.3 Å². The Hall–Kier alpha value is -3.35. The van der Waals surface area contributed by atoms with Gasteiger partial charge in [-0.25, -0.2) is 4.79 Å². The molecule has 7 heteroatoms. The molecule has 0 saturated carbocycles. The minimum atomic E-state index is -0.220. The number of amides is 3. The van der Waals surface area contributed by atoms with E-state index in [2.05, 4.69) is 20.8 Å². The van der Waals surface area contributed by atoms with E-state index >= 15 is 0 Å². The molecule has 0 aliphatic carbocycles. The Morgan fingerprint density at radius 3 is 3.00 bits per heavy atom. The van der Waals surface area contributed by atoms with E-state index in [0.29, 0.717) is 29.9 Å². The van der Waals surface area contributed by atoms with Gasteiger partial charge < -0.3 is 10.6 Å². The van der Waals surface area contributed by atoms with Gasteiger partial charge in [-0.15, -0.1) is 0 Å². The van der Waals surface area contributed by atoms with Gasteiger partial charge in [0.05, 0.1) is 23.0 Å². The van der Waals surface area contributed by atoms with Crippen molar-refractivity contribution in [1.29, 1.82) is 0 Å². The van der Waals surface area contributed by atoms with E-state index in [9.17, 15) is 9.59 Å². The summed E-state index contributed by atoms with van der Waals surface area (Å²) in [5.74, 6) is -0.220. The van der Waals surface area contributed by atoms with E-state index < -0.39 is 0 Å². The largest absolute Gasteiger partial charge is 0.338 e. The van der Waals surface area contributed by atoms with Crippen LogP contribution in [0.5, 0.6) is 0 Å². The quantitative estimate of drug-likeness (QED) is 0.679. The lowest BCUT2D eigenvalue weighted by atomic mass is 10.1. The molecule has 0 bridgehead atoms. The topological polar surface area (TPSA) is 90.1 Å². The molecule has 0 spiro atoms. The number of H-pyrrole nitrogens is 1. The summed E-state index contributed by atoms with van der Waals surface area (Å²) in [5, 5.41) is 13.5. The fourth-order valence-corrected chi connectivity index (χ4v) is 3.27. The number of benzene rings is 2. The third kappa shape index (κ3) is 2.77. The van der Waals surface area contributed by atoms with Crippen molar-refractivity contribution in [2.45, 2.75) is 13.3 Å². The third-order valence-electron chi connectivity index (χ3n) is 4.53. The zero-order chi connectivity index (χ0) is 18.1. The highest BCUT2D eigenvalue weighted by Gasteiger charge is 2.24. The molecule has 0 saturated heterocycles. The number of nitrogens with one attached hydrogen (secondary N) is 3. The number of urea groups is 1. The van der Waals surface area contributed by atoms with Crippen molar-refractivity contribution in [2.24, 2.45) is 0 Å². The van der Waals surface area contributed by atoms with Crippen LogP contribution < -0.4 is 15.5 Å². The first-order valence-corrected chi connectivity index (χ1v) is 8.59. The van der Waals surface area contributed by atoms with Crippen LogP contribution in [0.15, 0.2) is 42.6 Å². The number of hydrogen-bond acceptors (Lipinski definition) is 3. The van der Waals surface area contributed by atoms with Crippen LogP contribution in [0.2, 0.25) is 0 Å². The Bertz CT molecular complexity index is 995. The number of anilines is 2. The fourth-order valence-electron chi connectivity index (χ4n) is 3.27. The lowest BCUT2D eigenvalue weighted by Gasteiger charge is -2.18. The number of hydrogen-bond donors (Lipinski definition) is 3. The number of aromatic amines is 1. The van der Waals surface area contributed by atoms with Crippen molar-refractivity contribution in [3.63, 3.8) is 0 Å². The summed E-state index contributed by atoms with van der Waals surface area (Å²) >= 11 is 0. The second-order valence-electron chi connectivity index (χ2n) is 6.17. The summed E-state index contributed by atoms with van der Waals surface area (Å²) in [6, 6.07) is 11.0. The molecule has 7 nitrogen and oxygen atoms in total. The van der Waals surface area contributed by atoms with Gasteiger partial charge >= 0.3 is 6.03 Å². The van der Waals surface area contributed by atoms with E-state index in [0.717, 1.165) is 23.1 Å². The summed E-state index contributed by atoms with van der Waals surface area (Å²) in [5.41, 5.74) is 3.83. The van der Waals surface area contributed by atoms with Crippen LogP contribution in [-0.2, 0) is 6.42 Å². The first kappa shape index (κ1) is 16.1. The molecule has 26 heavy (non-hydrogen) atoms. The predicted octanol–water partition coefficient (Wildman–Crippen LogP) is 2.91. The molecule has 1 aromatic heterocycles. The molecule has 0 unspecified atom stereocenters. The van der Waals surface area contributed by atoms with Crippen molar-refractivity contribution >= 4 is 34.2 Å². The molecule has 1 aliphatic rings. The molecule has 0 atom stereocenters. The van der Waals surface area contributed by atoms with Gasteiger partial charge in [-0.2, -0.15) is 5.10 Å². The number of fused-ring (bicyclic) bond motifs is 2. The second-order valence-corrected chi connectivity index (χ2v) is 6.17. The Labute approximate surface area is 150 Å². The molecule has 0 radical (unpaired) electrons. The van der Waals surface area contributed by atoms with Crippen LogP contribution in [0.4, 0.5) is 16.2 Å². The monoisotopic (exact) mass is 349 g/mol. The average Bonchev–Trinajstić information content (AvgIpc) is 3.28. The summed E-state index contributed by atoms with van der Waals surface area (Å²) in [6.45, 7) is 3.11. The van der Waals surface area contributed by atoms with Gasteiger partial charge in [0, 0.05) is 24.2 Å². The first-order chi connectivity index (χ1) is 12.7. The van der Waals surface area contributed by atoms with Gasteiger partial charge in [0.15, 0.2) is 0 Å². The SMILES string of the molecule is CCNC(=O)N1CCc2ccc(NC(=O)c3cccc4cn[nH]c34)cc21. The summed E-state index contributed by atoms with van der Waals surface area (Å²) in [7, 11) is 0. The summed E-state index contributed by atoms with van der Waals surface area (Å²) < 4.78 is 0. The van der Waals surface area contributed by atoms with Crippen molar-refractivity contribution in [3.8, 4) is 0 Å². The lowest BCUT2D eigenvalue weighted by molar-refractivity contribution is 0.102. The zero-order valence-electron chi connectivity index (χ0n) is 14.4. The highest BCUT2D eigenvalue weighted by atomic mass is 16.2. The Morgan fingerprint density at radius 2 is 2.15 bits per heavy atom. The van der Waals surface area contributed by atoms with Crippen LogP contribution in [0.1, 0.15) is 22.8 Å². The number of rotatable bonds is 3. The van der Waals surface area contributed by atoms with Crippen molar-refractivity contribution in [2.75, 3.05) is 23.3 Å². The first-order valence-electron chi connectivity index (χ1n) is 8.59. The summed E-state index contributed by atoms with van der Waals surface area (Å²) in [6.07, 6.45) is 2.50. The van der Waals surface area contributed by atoms with Crippen molar-refractivity contribution in [3.05, 3.63) is 53.7 Å². The molecule has 0 fully saturated rings. The molecule has 3 amide bonds. The molecule has 132 valence electrons. The second kappa shape index (κ2) is 6.51. The van der Waals surface area contributed by atoms with E-state index in [4.69, 9.17) is 0 Å². The average molecular weight is 349 g/mol. The van der Waals surface area contributed by atoms with Gasteiger partial charge in [0.1, 0.15) is 0 Å². The fraction of sp³-hybridized carbons (Fsp3) is 0.211. The minimum Gasteiger partial charge on any atom is -0.338 e. The number of aromatic nitrogens is 2. The molecule has 4 rings (SSSR count). The number of nitrogens with zero attached hydrogens (tertiary/aromatic N) is 2. The van der Waals surface area contributed by atoms with E-state index in [1.165, 1.54) is 0 Å². The van der Waals surface area contributed by atoms with Gasteiger partial charge in [0.25, 0.3) is 5.91 Å².